The van der Waals surface area contributed by atoms with E-state index in [9.17, 15) is 26.0 Å². The van der Waals surface area contributed by atoms with Gasteiger partial charge in [-0.3, -0.25) is 0 Å². The number of sulfonamides is 1. The minimum Gasteiger partial charge on any atom is -0.481 e. The van der Waals surface area contributed by atoms with Crippen LogP contribution in [0.3, 0.4) is 0 Å². The first-order chi connectivity index (χ1) is 13.6. The number of alkyl halides is 4. The van der Waals surface area contributed by atoms with E-state index < -0.39 is 35.0 Å². The number of hydrogen-bond acceptors (Lipinski definition) is 7. The van der Waals surface area contributed by atoms with Crippen LogP contribution in [0.2, 0.25) is 0 Å². The molecule has 13 heteroatoms. The molecule has 156 valence electrons. The fraction of sp³-hybridized carbons (Fsp3) is 0.312. The van der Waals surface area contributed by atoms with E-state index in [1.807, 2.05) is 0 Å². The van der Waals surface area contributed by atoms with Gasteiger partial charge in [-0.05, 0) is 19.1 Å². The molecule has 0 amide bonds. The molecule has 29 heavy (non-hydrogen) atoms. The molecule has 0 bridgehead atoms. The molecule has 3 heterocycles. The Morgan fingerprint density at radius 3 is 2.52 bits per heavy atom. The number of aromatic nitrogens is 3. The summed E-state index contributed by atoms with van der Waals surface area (Å²) < 4.78 is 83.6. The molecule has 0 saturated carbocycles. The van der Waals surface area contributed by atoms with Crippen molar-refractivity contribution in [1.29, 1.82) is 0 Å². The van der Waals surface area contributed by atoms with Crippen molar-refractivity contribution in [1.82, 2.24) is 15.0 Å². The van der Waals surface area contributed by atoms with Crippen LogP contribution in [-0.2, 0) is 16.4 Å². The van der Waals surface area contributed by atoms with Crippen molar-refractivity contribution in [2.45, 2.75) is 31.1 Å². The molecule has 0 saturated heterocycles. The summed E-state index contributed by atoms with van der Waals surface area (Å²) in [5.74, 6) is -0.539. The zero-order chi connectivity index (χ0) is 21.3. The van der Waals surface area contributed by atoms with E-state index in [1.165, 1.54) is 25.5 Å². The summed E-state index contributed by atoms with van der Waals surface area (Å²) >= 11 is 0.891. The Balaban J connectivity index is 1.97. The van der Waals surface area contributed by atoms with Crippen molar-refractivity contribution in [3.63, 3.8) is 0 Å². The summed E-state index contributed by atoms with van der Waals surface area (Å²) in [6.45, 7) is 1.43. The maximum Gasteiger partial charge on any atom is 0.280 e. The van der Waals surface area contributed by atoms with E-state index in [0.717, 1.165) is 17.4 Å². The Morgan fingerprint density at radius 2 is 1.90 bits per heavy atom. The molecule has 0 aromatic carbocycles. The topological polar surface area (TPSA) is 94.1 Å². The normalized spacial score (nSPS) is 12.1. The predicted octanol–water partition coefficient (Wildman–Crippen LogP) is 3.95. The molecule has 3 rings (SSSR count). The van der Waals surface area contributed by atoms with E-state index >= 15 is 0 Å². The zero-order valence-electron chi connectivity index (χ0n) is 15.0. The monoisotopic (exact) mass is 450 g/mol. The molecule has 0 atom stereocenters. The van der Waals surface area contributed by atoms with Crippen molar-refractivity contribution < 1.29 is 30.7 Å². The maximum atomic E-state index is 12.8. The Bertz CT molecular complexity index is 1150. The number of rotatable bonds is 7. The number of pyridine rings is 1. The molecule has 0 aliphatic heterocycles. The average molecular weight is 450 g/mol. The second kappa shape index (κ2) is 8.06. The van der Waals surface area contributed by atoms with Crippen LogP contribution in [0.1, 0.15) is 23.4 Å². The summed E-state index contributed by atoms with van der Waals surface area (Å²) in [7, 11) is -2.99. The molecule has 0 spiro atoms. The van der Waals surface area contributed by atoms with Gasteiger partial charge in [-0.25, -0.2) is 40.7 Å². The first-order valence-electron chi connectivity index (χ1n) is 8.01. The third kappa shape index (κ3) is 4.40. The molecule has 1 N–H and O–H groups in total. The zero-order valence-corrected chi connectivity index (χ0v) is 16.6. The van der Waals surface area contributed by atoms with E-state index in [2.05, 4.69) is 19.7 Å². The summed E-state index contributed by atoms with van der Waals surface area (Å²) in [6, 6.07) is 2.29. The van der Waals surface area contributed by atoms with Gasteiger partial charge in [0.25, 0.3) is 16.4 Å². The lowest BCUT2D eigenvalue weighted by atomic mass is 10.2. The van der Waals surface area contributed by atoms with Crippen LogP contribution >= 0.6 is 11.3 Å². The molecule has 0 unspecified atom stereocenters. The molecule has 0 radical (unpaired) electrons. The number of methoxy groups -OCH3 is 1. The summed E-state index contributed by atoms with van der Waals surface area (Å²) in [4.78, 5) is 11.5. The number of hydrogen-bond donors (Lipinski definition) is 1. The van der Waals surface area contributed by atoms with E-state index in [1.54, 1.807) is 0 Å². The molecular formula is C16H14F4N4O3S2. The number of anilines is 1. The van der Waals surface area contributed by atoms with Gasteiger partial charge in [0.05, 0.1) is 12.8 Å². The number of aryl methyl sites for hydroxylation is 1. The van der Waals surface area contributed by atoms with Gasteiger partial charge in [0.15, 0.2) is 0 Å². The molecule has 7 nitrogen and oxygen atoms in total. The summed E-state index contributed by atoms with van der Waals surface area (Å²) in [6.07, 6.45) is -6.08. The van der Waals surface area contributed by atoms with Crippen molar-refractivity contribution in [3.8, 4) is 5.88 Å². The minimum absolute atomic E-state index is 0.0650. The largest absolute Gasteiger partial charge is 0.481 e. The van der Waals surface area contributed by atoms with Crippen molar-refractivity contribution in [3.05, 3.63) is 34.5 Å². The molecule has 3 aromatic rings. The summed E-state index contributed by atoms with van der Waals surface area (Å²) in [5, 5.41) is 1.41. The Morgan fingerprint density at radius 1 is 1.17 bits per heavy atom. The fourth-order valence-electron chi connectivity index (χ4n) is 2.58. The van der Waals surface area contributed by atoms with Crippen molar-refractivity contribution >= 4 is 37.5 Å². The van der Waals surface area contributed by atoms with E-state index in [0.29, 0.717) is 0 Å². The second-order valence-corrected chi connectivity index (χ2v) is 8.32. The number of nitrogens with zero attached hydrogens (tertiary/aromatic N) is 3. The highest BCUT2D eigenvalue weighted by Gasteiger charge is 2.24. The van der Waals surface area contributed by atoms with Crippen LogP contribution in [0.4, 0.5) is 23.5 Å². The van der Waals surface area contributed by atoms with Crippen LogP contribution in [-0.4, -0.2) is 36.9 Å². The Hall–Kier alpha value is -2.54. The van der Waals surface area contributed by atoms with Crippen molar-refractivity contribution in [2.24, 2.45) is 0 Å². The molecule has 0 fully saturated rings. The van der Waals surface area contributed by atoms with Crippen molar-refractivity contribution in [2.75, 3.05) is 11.8 Å². The highest BCUT2D eigenvalue weighted by Crippen LogP contribution is 2.31. The minimum atomic E-state index is -4.20. The predicted molar refractivity (Wildman–Crippen MR) is 98.4 cm³/mol. The second-order valence-electron chi connectivity index (χ2n) is 5.81. The number of ether oxygens (including phenoxy) is 1. The lowest BCUT2D eigenvalue weighted by Crippen LogP contribution is -2.16. The highest BCUT2D eigenvalue weighted by atomic mass is 32.2. The molecule has 3 aromatic heterocycles. The van der Waals surface area contributed by atoms with Crippen LogP contribution in [0, 0.1) is 6.92 Å². The first kappa shape index (κ1) is 21.2. The fourth-order valence-corrected chi connectivity index (χ4v) is 5.00. The number of nitrogens with one attached hydrogen (secondary N) is 1. The Labute approximate surface area is 166 Å². The molecule has 0 aliphatic rings. The lowest BCUT2D eigenvalue weighted by Gasteiger charge is -2.13. The van der Waals surface area contributed by atoms with Gasteiger partial charge < -0.3 is 4.74 Å². The quantitative estimate of drug-likeness (QED) is 0.548. The average Bonchev–Trinajstić information content (AvgIpc) is 3.07. The molecule has 0 aliphatic carbocycles. The maximum absolute atomic E-state index is 12.8. The van der Waals surface area contributed by atoms with Gasteiger partial charge in [0.2, 0.25) is 18.3 Å². The highest BCUT2D eigenvalue weighted by molar-refractivity contribution is 7.93. The third-order valence-corrected chi connectivity index (χ3v) is 6.30. The van der Waals surface area contributed by atoms with Gasteiger partial charge >= 0.3 is 0 Å². The van der Waals surface area contributed by atoms with Gasteiger partial charge in [0, 0.05) is 22.8 Å². The van der Waals surface area contributed by atoms with Crippen LogP contribution in [0.5, 0.6) is 5.88 Å². The van der Waals surface area contributed by atoms with Crippen LogP contribution in [0.25, 0.3) is 10.2 Å². The van der Waals surface area contributed by atoms with Gasteiger partial charge in [-0.2, -0.15) is 4.98 Å². The van der Waals surface area contributed by atoms with Crippen LogP contribution < -0.4 is 9.46 Å². The van der Waals surface area contributed by atoms with Gasteiger partial charge in [-0.15, -0.1) is 11.3 Å². The SMILES string of the molecule is COc1nc(NS(=O)(=O)c2csc3nc(C(F)F)ccc23)nc(C)c1CC(F)F. The standard InChI is InChI=1S/C16H14F4N4O3S2/c1-7-9(5-12(17)18)14(27-2)23-16(21-7)24-29(25,26)11-6-28-15-8(11)3-4-10(22-15)13(19)20/h3-4,6,12-13H,5H2,1-2H3,(H,21,23,24). The third-order valence-electron chi connectivity index (χ3n) is 3.89. The van der Waals surface area contributed by atoms with Crippen LogP contribution in [0.15, 0.2) is 22.4 Å². The lowest BCUT2D eigenvalue weighted by molar-refractivity contribution is 0.146. The first-order valence-corrected chi connectivity index (χ1v) is 10.4. The van der Waals surface area contributed by atoms with Gasteiger partial charge in [-0.1, -0.05) is 0 Å². The van der Waals surface area contributed by atoms with E-state index in [-0.39, 0.29) is 38.2 Å². The number of thiophene rings is 1. The van der Waals surface area contributed by atoms with E-state index in [4.69, 9.17) is 4.74 Å². The number of fused-ring (bicyclic) bond motifs is 1. The summed E-state index contributed by atoms with van der Waals surface area (Å²) in [5.41, 5.74) is -0.266. The van der Waals surface area contributed by atoms with Gasteiger partial charge in [0.1, 0.15) is 15.4 Å². The number of halogens is 4. The smallest absolute Gasteiger partial charge is 0.280 e. The Kier molecular flexibility index (Phi) is 5.89. The molecular weight excluding hydrogens is 436 g/mol.